The molecule has 1 rings (SSSR count). The lowest BCUT2D eigenvalue weighted by atomic mass is 10.1. The van der Waals surface area contributed by atoms with Gasteiger partial charge in [0, 0.05) is 25.6 Å². The molecule has 0 aromatic carbocycles. The third-order valence-corrected chi connectivity index (χ3v) is 3.85. The first-order valence-corrected chi connectivity index (χ1v) is 6.59. The molecule has 0 bridgehead atoms. The molecule has 2 atom stereocenters. The molecule has 1 fully saturated rings. The zero-order chi connectivity index (χ0) is 13.0. The average molecular weight is 259 g/mol. The molecular weight excluding hydrogens is 242 g/mol. The maximum absolute atomic E-state index is 11.7. The Morgan fingerprint density at radius 1 is 1.59 bits per heavy atom. The molecule has 6 heteroatoms. The third-order valence-electron chi connectivity index (χ3n) is 2.81. The molecule has 0 aromatic rings. The van der Waals surface area contributed by atoms with E-state index in [-0.39, 0.29) is 16.9 Å². The first-order chi connectivity index (χ1) is 7.95. The van der Waals surface area contributed by atoms with Crippen molar-refractivity contribution in [1.82, 2.24) is 4.90 Å². The van der Waals surface area contributed by atoms with Crippen molar-refractivity contribution in [2.75, 3.05) is 12.3 Å². The van der Waals surface area contributed by atoms with Crippen LogP contribution >= 0.6 is 11.8 Å². The topological polar surface area (TPSA) is 74.7 Å². The number of hydrogen-bond acceptors (Lipinski definition) is 4. The summed E-state index contributed by atoms with van der Waals surface area (Å²) in [5.41, 5.74) is 0. The Labute approximate surface area is 105 Å². The number of carbonyl (C=O) groups excluding carboxylic acids is 2. The van der Waals surface area contributed by atoms with E-state index in [1.807, 2.05) is 0 Å². The highest BCUT2D eigenvalue weighted by Gasteiger charge is 2.36. The van der Waals surface area contributed by atoms with Crippen molar-refractivity contribution in [2.45, 2.75) is 32.7 Å². The maximum Gasteiger partial charge on any atom is 0.326 e. The molecule has 17 heavy (non-hydrogen) atoms. The molecule has 1 saturated heterocycles. The fraction of sp³-hybridized carbons (Fsp3) is 0.727. The van der Waals surface area contributed by atoms with Crippen molar-refractivity contribution in [3.8, 4) is 0 Å². The van der Waals surface area contributed by atoms with Gasteiger partial charge in [0.2, 0.25) is 5.91 Å². The summed E-state index contributed by atoms with van der Waals surface area (Å²) >= 11 is 1.20. The summed E-state index contributed by atoms with van der Waals surface area (Å²) in [6.07, 6.45) is 0.762. The largest absolute Gasteiger partial charge is 0.480 e. The van der Waals surface area contributed by atoms with Gasteiger partial charge >= 0.3 is 5.97 Å². The molecule has 0 aromatic heterocycles. The number of nitrogens with zero attached hydrogens (tertiary/aromatic N) is 1. The minimum Gasteiger partial charge on any atom is -0.480 e. The first-order valence-electron chi connectivity index (χ1n) is 5.61. The van der Waals surface area contributed by atoms with Gasteiger partial charge in [-0.3, -0.25) is 9.59 Å². The van der Waals surface area contributed by atoms with Crippen LogP contribution < -0.4 is 0 Å². The quantitative estimate of drug-likeness (QED) is 0.796. The summed E-state index contributed by atoms with van der Waals surface area (Å²) in [7, 11) is 0. The number of amides is 1. The molecule has 5 nitrogen and oxygen atoms in total. The summed E-state index contributed by atoms with van der Waals surface area (Å²) in [6, 6.07) is -0.727. The van der Waals surface area contributed by atoms with Crippen LogP contribution in [0.1, 0.15) is 26.7 Å². The van der Waals surface area contributed by atoms with Crippen molar-refractivity contribution in [3.05, 3.63) is 0 Å². The lowest BCUT2D eigenvalue weighted by molar-refractivity contribution is -0.148. The minimum absolute atomic E-state index is 0.0289. The molecule has 1 N–H and O–H groups in total. The van der Waals surface area contributed by atoms with E-state index in [0.717, 1.165) is 0 Å². The minimum atomic E-state index is -0.958. The average Bonchev–Trinajstić information content (AvgIpc) is 2.58. The second-order valence-electron chi connectivity index (χ2n) is 4.18. The first kappa shape index (κ1) is 14.0. The van der Waals surface area contributed by atoms with Gasteiger partial charge in [-0.05, 0) is 12.3 Å². The normalized spacial score (nSPS) is 21.6. The number of carbonyl (C=O) groups is 3. The molecular formula is C11H17NO4S. The van der Waals surface area contributed by atoms with Crippen LogP contribution in [0.25, 0.3) is 0 Å². The van der Waals surface area contributed by atoms with Gasteiger partial charge in [0.1, 0.15) is 6.04 Å². The Hall–Kier alpha value is -1.04. The second-order valence-corrected chi connectivity index (χ2v) is 5.38. The Morgan fingerprint density at radius 3 is 2.71 bits per heavy atom. The molecule has 1 unspecified atom stereocenters. The standard InChI is InChI=1S/C11H17NO4S/c1-3-9(11(15)16)12-5-8(4-10(12)14)6-17-7(2)13/h8-9H,3-6H2,1-2H3,(H,15,16)/t8?,9-/m0/s1. The van der Waals surface area contributed by atoms with Gasteiger partial charge in [-0.15, -0.1) is 0 Å². The van der Waals surface area contributed by atoms with Gasteiger partial charge in [-0.1, -0.05) is 18.7 Å². The maximum atomic E-state index is 11.7. The molecule has 0 radical (unpaired) electrons. The van der Waals surface area contributed by atoms with Crippen molar-refractivity contribution in [3.63, 3.8) is 0 Å². The predicted molar refractivity (Wildman–Crippen MR) is 64.7 cm³/mol. The highest BCUT2D eigenvalue weighted by atomic mass is 32.2. The van der Waals surface area contributed by atoms with Gasteiger partial charge in [-0.2, -0.15) is 0 Å². The zero-order valence-electron chi connectivity index (χ0n) is 10.0. The number of aliphatic carboxylic acids is 1. The molecule has 1 aliphatic rings. The number of hydrogen-bond donors (Lipinski definition) is 1. The van der Waals surface area contributed by atoms with Crippen molar-refractivity contribution < 1.29 is 19.5 Å². The summed E-state index contributed by atoms with van der Waals surface area (Å²) in [4.78, 5) is 34.9. The van der Waals surface area contributed by atoms with E-state index >= 15 is 0 Å². The molecule has 0 saturated carbocycles. The Kier molecular flexibility index (Phi) is 4.99. The van der Waals surface area contributed by atoms with E-state index in [2.05, 4.69) is 0 Å². The SMILES string of the molecule is CC[C@@H](C(=O)O)N1CC(CSC(C)=O)CC1=O. The van der Waals surface area contributed by atoms with Crippen molar-refractivity contribution in [1.29, 1.82) is 0 Å². The van der Waals surface area contributed by atoms with Gasteiger partial charge in [0.15, 0.2) is 5.12 Å². The van der Waals surface area contributed by atoms with E-state index in [1.165, 1.54) is 23.6 Å². The van der Waals surface area contributed by atoms with Gasteiger partial charge in [-0.25, -0.2) is 4.79 Å². The zero-order valence-corrected chi connectivity index (χ0v) is 10.8. The molecule has 1 amide bonds. The number of carboxylic acids is 1. The fourth-order valence-corrected chi connectivity index (χ4v) is 2.68. The Morgan fingerprint density at radius 2 is 2.24 bits per heavy atom. The fourth-order valence-electron chi connectivity index (χ4n) is 1.98. The highest BCUT2D eigenvalue weighted by molar-refractivity contribution is 8.13. The summed E-state index contributed by atoms with van der Waals surface area (Å²) in [6.45, 7) is 3.69. The van der Waals surface area contributed by atoms with E-state index in [4.69, 9.17) is 5.11 Å². The third kappa shape index (κ3) is 3.73. The van der Waals surface area contributed by atoms with Gasteiger partial charge < -0.3 is 10.0 Å². The summed E-state index contributed by atoms with van der Waals surface area (Å²) < 4.78 is 0. The van der Waals surface area contributed by atoms with Crippen LogP contribution in [0.4, 0.5) is 0 Å². The number of thioether (sulfide) groups is 1. The Balaban J connectivity index is 2.57. The summed E-state index contributed by atoms with van der Waals surface area (Å²) in [5, 5.41) is 9.03. The number of likely N-dealkylation sites (tertiary alicyclic amines) is 1. The van der Waals surface area contributed by atoms with E-state index in [0.29, 0.717) is 25.1 Å². The highest BCUT2D eigenvalue weighted by Crippen LogP contribution is 2.24. The molecule has 96 valence electrons. The van der Waals surface area contributed by atoms with Crippen LogP contribution in [0.5, 0.6) is 0 Å². The monoisotopic (exact) mass is 259 g/mol. The smallest absolute Gasteiger partial charge is 0.326 e. The lowest BCUT2D eigenvalue weighted by Gasteiger charge is -2.23. The van der Waals surface area contributed by atoms with Crippen LogP contribution in [-0.2, 0) is 14.4 Å². The van der Waals surface area contributed by atoms with Crippen LogP contribution in [0, 0.1) is 5.92 Å². The lowest BCUT2D eigenvalue weighted by Crippen LogP contribution is -2.41. The molecule has 0 spiro atoms. The van der Waals surface area contributed by atoms with E-state index in [9.17, 15) is 14.4 Å². The van der Waals surface area contributed by atoms with Crippen LogP contribution in [0.15, 0.2) is 0 Å². The van der Waals surface area contributed by atoms with E-state index < -0.39 is 12.0 Å². The van der Waals surface area contributed by atoms with Crippen molar-refractivity contribution >= 4 is 28.8 Å². The molecule has 0 aliphatic carbocycles. The molecule has 1 aliphatic heterocycles. The van der Waals surface area contributed by atoms with Crippen LogP contribution in [0.2, 0.25) is 0 Å². The number of rotatable bonds is 5. The second kappa shape index (κ2) is 6.05. The molecule has 1 heterocycles. The van der Waals surface area contributed by atoms with E-state index in [1.54, 1.807) is 6.92 Å². The van der Waals surface area contributed by atoms with Crippen molar-refractivity contribution in [2.24, 2.45) is 5.92 Å². The van der Waals surface area contributed by atoms with Crippen LogP contribution in [-0.4, -0.2) is 45.3 Å². The predicted octanol–water partition coefficient (Wildman–Crippen LogP) is 0.978. The van der Waals surface area contributed by atoms with Gasteiger partial charge in [0.05, 0.1) is 0 Å². The number of carboxylic acid groups (broad SMARTS) is 1. The van der Waals surface area contributed by atoms with Gasteiger partial charge in [0.25, 0.3) is 0 Å². The van der Waals surface area contributed by atoms with Crippen LogP contribution in [0.3, 0.4) is 0 Å². The summed E-state index contributed by atoms with van der Waals surface area (Å²) in [5.74, 6) is -0.396. The Bertz CT molecular complexity index is 331.